The fraction of sp³-hybridized carbons (Fsp3) is 0.412. The molecule has 1 saturated carbocycles. The van der Waals surface area contributed by atoms with E-state index < -0.39 is 5.92 Å². The maximum absolute atomic E-state index is 12.8. The lowest BCUT2D eigenvalue weighted by molar-refractivity contribution is -0.127. The summed E-state index contributed by atoms with van der Waals surface area (Å²) in [5.74, 6) is -1.09. The summed E-state index contributed by atoms with van der Waals surface area (Å²) in [4.78, 5) is 25.6. The van der Waals surface area contributed by atoms with Gasteiger partial charge in [-0.1, -0.05) is 41.1 Å². The number of carbonyl (C=O) groups excluding carboxylic acids is 2. The second kappa shape index (κ2) is 4.62. The summed E-state index contributed by atoms with van der Waals surface area (Å²) in [7, 11) is 0. The zero-order valence-corrected chi connectivity index (χ0v) is 13.2. The lowest BCUT2D eigenvalue weighted by atomic mass is 9.85. The number of ketones is 2. The third-order valence-corrected chi connectivity index (χ3v) is 5.42. The summed E-state index contributed by atoms with van der Waals surface area (Å²) >= 11 is 3.45. The van der Waals surface area contributed by atoms with Crippen molar-refractivity contribution in [1.29, 1.82) is 0 Å². The minimum Gasteiger partial charge on any atom is -0.365 e. The Morgan fingerprint density at radius 2 is 1.71 bits per heavy atom. The van der Waals surface area contributed by atoms with Crippen LogP contribution in [0.15, 0.2) is 34.8 Å². The first-order valence-electron chi connectivity index (χ1n) is 7.31. The first-order valence-corrected chi connectivity index (χ1v) is 8.10. The minimum absolute atomic E-state index is 0.0367. The first kappa shape index (κ1) is 13.4. The molecule has 0 radical (unpaired) electrons. The number of Topliss-reactive ketones (excluding diaryl/α,β-unsaturated/α-hetero) is 2. The Kier molecular flexibility index (Phi) is 2.95. The van der Waals surface area contributed by atoms with Gasteiger partial charge in [-0.25, -0.2) is 0 Å². The van der Waals surface area contributed by atoms with Gasteiger partial charge >= 0.3 is 0 Å². The molecule has 1 saturated heterocycles. The van der Waals surface area contributed by atoms with Crippen LogP contribution in [0.5, 0.6) is 0 Å². The molecule has 0 N–H and O–H groups in total. The number of fused-ring (bicyclic) bond motifs is 5. The Bertz CT molecular complexity index is 649. The van der Waals surface area contributed by atoms with Crippen molar-refractivity contribution in [2.45, 2.75) is 31.5 Å². The number of benzene rings is 1. The molecule has 1 aromatic rings. The van der Waals surface area contributed by atoms with E-state index >= 15 is 0 Å². The van der Waals surface area contributed by atoms with Gasteiger partial charge in [0.15, 0.2) is 11.6 Å². The van der Waals surface area contributed by atoms with E-state index in [4.69, 9.17) is 4.74 Å². The molecule has 4 unspecified atom stereocenters. The molecule has 0 aromatic heterocycles. The summed E-state index contributed by atoms with van der Waals surface area (Å²) < 4.78 is 6.59. The Morgan fingerprint density at radius 1 is 1.10 bits per heavy atom. The summed E-state index contributed by atoms with van der Waals surface area (Å²) in [6.07, 6.45) is 4.29. The normalized spacial score (nSPS) is 36.6. The molecule has 3 aliphatic rings. The molecule has 1 aromatic carbocycles. The standard InChI is InChI=1S/C17H15BrO3/c1-2-8-3-4-9(18)7-10(8)13-16(19)14-11-5-6-12(21-11)15(14)17(13)20/h3-7,11-15H,2H2,1H3. The lowest BCUT2D eigenvalue weighted by Crippen LogP contribution is -2.26. The van der Waals surface area contributed by atoms with Gasteiger partial charge in [-0.2, -0.15) is 0 Å². The van der Waals surface area contributed by atoms with Crippen LogP contribution in [0.3, 0.4) is 0 Å². The highest BCUT2D eigenvalue weighted by Gasteiger charge is 2.61. The molecule has 2 aliphatic heterocycles. The number of carbonyl (C=O) groups is 2. The summed E-state index contributed by atoms with van der Waals surface area (Å²) in [5, 5.41) is 0. The number of hydrogen-bond donors (Lipinski definition) is 0. The van der Waals surface area contributed by atoms with Gasteiger partial charge in [-0.05, 0) is 29.7 Å². The lowest BCUT2D eigenvalue weighted by Gasteiger charge is -2.16. The van der Waals surface area contributed by atoms with Gasteiger partial charge in [0.05, 0.1) is 24.0 Å². The molecule has 4 rings (SSSR count). The number of ether oxygens (including phenoxy) is 1. The Hall–Kier alpha value is -1.26. The second-order valence-electron chi connectivity index (χ2n) is 5.94. The van der Waals surface area contributed by atoms with Crippen molar-refractivity contribution < 1.29 is 14.3 Å². The van der Waals surface area contributed by atoms with Crippen molar-refractivity contribution in [1.82, 2.24) is 0 Å². The molecule has 3 nitrogen and oxygen atoms in total. The van der Waals surface area contributed by atoms with Gasteiger partial charge < -0.3 is 4.74 Å². The van der Waals surface area contributed by atoms with Crippen molar-refractivity contribution in [2.75, 3.05) is 0 Å². The van der Waals surface area contributed by atoms with Crippen molar-refractivity contribution in [2.24, 2.45) is 11.8 Å². The first-order chi connectivity index (χ1) is 10.1. The van der Waals surface area contributed by atoms with Crippen LogP contribution in [-0.2, 0) is 20.7 Å². The van der Waals surface area contributed by atoms with E-state index in [2.05, 4.69) is 15.9 Å². The van der Waals surface area contributed by atoms with Crippen LogP contribution >= 0.6 is 15.9 Å². The monoisotopic (exact) mass is 346 g/mol. The highest BCUT2D eigenvalue weighted by atomic mass is 79.9. The van der Waals surface area contributed by atoms with Gasteiger partial charge in [0, 0.05) is 4.47 Å². The predicted octanol–water partition coefficient (Wildman–Crippen LogP) is 2.82. The smallest absolute Gasteiger partial charge is 0.154 e. The van der Waals surface area contributed by atoms with Crippen LogP contribution in [0.4, 0.5) is 0 Å². The topological polar surface area (TPSA) is 43.4 Å². The molecule has 2 fully saturated rings. The van der Waals surface area contributed by atoms with Crippen LogP contribution in [-0.4, -0.2) is 23.8 Å². The summed E-state index contributed by atoms with van der Waals surface area (Å²) in [6.45, 7) is 2.05. The van der Waals surface area contributed by atoms with Gasteiger partial charge in [0.25, 0.3) is 0 Å². The quantitative estimate of drug-likeness (QED) is 0.610. The fourth-order valence-electron chi connectivity index (χ4n) is 3.97. The van der Waals surface area contributed by atoms with Crippen LogP contribution < -0.4 is 0 Å². The van der Waals surface area contributed by atoms with Crippen LogP contribution in [0.2, 0.25) is 0 Å². The van der Waals surface area contributed by atoms with E-state index in [9.17, 15) is 9.59 Å². The number of hydrogen-bond acceptors (Lipinski definition) is 3. The molecule has 0 spiro atoms. The zero-order chi connectivity index (χ0) is 14.7. The number of halogens is 1. The third-order valence-electron chi connectivity index (χ3n) is 4.93. The Morgan fingerprint density at radius 3 is 2.29 bits per heavy atom. The number of aryl methyl sites for hydroxylation is 1. The Balaban J connectivity index is 1.79. The van der Waals surface area contributed by atoms with Crippen LogP contribution in [0.1, 0.15) is 24.0 Å². The zero-order valence-electron chi connectivity index (χ0n) is 11.6. The average molecular weight is 347 g/mol. The molecular formula is C17H15BrO3. The molecule has 21 heavy (non-hydrogen) atoms. The largest absolute Gasteiger partial charge is 0.365 e. The molecule has 4 atom stereocenters. The van der Waals surface area contributed by atoms with E-state index in [1.54, 1.807) is 0 Å². The maximum atomic E-state index is 12.8. The summed E-state index contributed by atoms with van der Waals surface area (Å²) in [5.41, 5.74) is 1.95. The number of rotatable bonds is 2. The van der Waals surface area contributed by atoms with Crippen LogP contribution in [0, 0.1) is 11.8 Å². The maximum Gasteiger partial charge on any atom is 0.154 e. The van der Waals surface area contributed by atoms with E-state index in [1.165, 1.54) is 0 Å². The molecule has 4 heteroatoms. The van der Waals surface area contributed by atoms with Gasteiger partial charge in [-0.15, -0.1) is 0 Å². The van der Waals surface area contributed by atoms with Gasteiger partial charge in [0.2, 0.25) is 0 Å². The predicted molar refractivity (Wildman–Crippen MR) is 81.1 cm³/mol. The van der Waals surface area contributed by atoms with Crippen molar-refractivity contribution >= 4 is 27.5 Å². The minimum atomic E-state index is -0.610. The van der Waals surface area contributed by atoms with Crippen molar-refractivity contribution in [3.63, 3.8) is 0 Å². The molecule has 1 aliphatic carbocycles. The molecule has 2 heterocycles. The Labute approximate surface area is 131 Å². The third kappa shape index (κ3) is 1.75. The SMILES string of the molecule is CCc1ccc(Br)cc1C1C(=O)C2C3C=CC(O3)C2C1=O. The fourth-order valence-corrected chi connectivity index (χ4v) is 4.35. The summed E-state index contributed by atoms with van der Waals surface area (Å²) in [6, 6.07) is 5.88. The highest BCUT2D eigenvalue weighted by Crippen LogP contribution is 2.50. The van der Waals surface area contributed by atoms with Crippen molar-refractivity contribution in [3.8, 4) is 0 Å². The van der Waals surface area contributed by atoms with Crippen molar-refractivity contribution in [3.05, 3.63) is 46.0 Å². The molecule has 0 amide bonds. The molecule has 108 valence electrons. The van der Waals surface area contributed by atoms with E-state index in [0.29, 0.717) is 0 Å². The molecular weight excluding hydrogens is 332 g/mol. The van der Waals surface area contributed by atoms with E-state index in [1.807, 2.05) is 37.3 Å². The highest BCUT2D eigenvalue weighted by molar-refractivity contribution is 9.10. The molecule has 2 bridgehead atoms. The van der Waals surface area contributed by atoms with Gasteiger partial charge in [0.1, 0.15) is 5.92 Å². The van der Waals surface area contributed by atoms with Crippen LogP contribution in [0.25, 0.3) is 0 Å². The van der Waals surface area contributed by atoms with E-state index in [0.717, 1.165) is 22.0 Å². The van der Waals surface area contributed by atoms with E-state index in [-0.39, 0.29) is 35.6 Å². The van der Waals surface area contributed by atoms with Gasteiger partial charge in [-0.3, -0.25) is 9.59 Å². The average Bonchev–Trinajstić information content (AvgIpc) is 3.13. The second-order valence-corrected chi connectivity index (χ2v) is 6.85.